The Labute approximate surface area is 224 Å². The number of carbonyl (C=O) groups excluding carboxylic acids is 4. The number of unbranched alkanes of at least 4 members (excludes halogenated alkanes) is 1. The number of rotatable bonds is 20. The Morgan fingerprint density at radius 3 is 1.76 bits per heavy atom. The number of sulfone groups is 1. The molecule has 0 N–H and O–H groups in total. The summed E-state index contributed by atoms with van der Waals surface area (Å²) in [6.45, 7) is 12.5. The third-order valence-corrected chi connectivity index (χ3v) is 10.4. The number of ether oxygens (including phenoxy) is 1. The Balaban J connectivity index is 0. The van der Waals surface area contributed by atoms with Gasteiger partial charge in [-0.1, -0.05) is 54.9 Å². The van der Waals surface area contributed by atoms with Gasteiger partial charge in [-0.3, -0.25) is 23.7 Å². The van der Waals surface area contributed by atoms with Crippen LogP contribution in [0.4, 0.5) is 0 Å². The summed E-state index contributed by atoms with van der Waals surface area (Å²) in [7, 11) is -6.31. The van der Waals surface area contributed by atoms with E-state index in [-0.39, 0.29) is 66.5 Å². The zero-order valence-corrected chi connectivity index (χ0v) is 25.6. The summed E-state index contributed by atoms with van der Waals surface area (Å²) >= 11 is 0. The SMILES string of the molecule is CCC(=O)CCC(=O)C(C)C.CCCCP(=O)(OCCS(=O)(=O)CCOC(=O)CCC(=O)CC)C(C)C. The molecule has 0 aromatic heterocycles. The summed E-state index contributed by atoms with van der Waals surface area (Å²) in [4.78, 5) is 44.4. The Kier molecular flexibility index (Phi) is 21.0. The maximum atomic E-state index is 12.7. The van der Waals surface area contributed by atoms with Crippen molar-refractivity contribution in [3.05, 3.63) is 0 Å². The fraction of sp³-hybridized carbons (Fsp3) is 0.846. The zero-order valence-electron chi connectivity index (χ0n) is 23.9. The van der Waals surface area contributed by atoms with Crippen LogP contribution in [0, 0.1) is 5.92 Å². The highest BCUT2D eigenvalue weighted by atomic mass is 32.2. The van der Waals surface area contributed by atoms with E-state index in [0.717, 1.165) is 12.8 Å². The van der Waals surface area contributed by atoms with Crippen molar-refractivity contribution in [1.82, 2.24) is 0 Å². The Bertz CT molecular complexity index is 848. The predicted octanol–water partition coefficient (Wildman–Crippen LogP) is 5.18. The molecule has 0 saturated heterocycles. The van der Waals surface area contributed by atoms with Crippen LogP contribution >= 0.6 is 7.37 Å². The molecule has 1 unspecified atom stereocenters. The molecule has 9 nitrogen and oxygen atoms in total. The molecule has 0 amide bonds. The van der Waals surface area contributed by atoms with Gasteiger partial charge < -0.3 is 9.26 Å². The first kappa shape index (κ1) is 37.8. The van der Waals surface area contributed by atoms with E-state index in [0.29, 0.717) is 31.8 Å². The number of ketones is 3. The van der Waals surface area contributed by atoms with Crippen molar-refractivity contribution in [1.29, 1.82) is 0 Å². The number of esters is 1. The minimum absolute atomic E-state index is 0.0369. The van der Waals surface area contributed by atoms with Gasteiger partial charge in [0, 0.05) is 49.8 Å². The van der Waals surface area contributed by atoms with Crippen LogP contribution in [-0.2, 0) is 42.8 Å². The van der Waals surface area contributed by atoms with Gasteiger partial charge in [0.1, 0.15) is 24.0 Å². The highest BCUT2D eigenvalue weighted by Gasteiger charge is 2.27. The molecule has 0 spiro atoms. The molecule has 0 rings (SSSR count). The average molecular weight is 569 g/mol. The van der Waals surface area contributed by atoms with E-state index >= 15 is 0 Å². The average Bonchev–Trinajstić information content (AvgIpc) is 2.84. The molecule has 0 aliphatic rings. The van der Waals surface area contributed by atoms with Crippen molar-refractivity contribution in [3.8, 4) is 0 Å². The Morgan fingerprint density at radius 1 is 0.784 bits per heavy atom. The van der Waals surface area contributed by atoms with Crippen molar-refractivity contribution in [3.63, 3.8) is 0 Å². The molecule has 0 aliphatic heterocycles. The lowest BCUT2D eigenvalue weighted by molar-refractivity contribution is -0.144. The first-order valence-electron chi connectivity index (χ1n) is 13.3. The molecule has 0 heterocycles. The molecular weight excluding hydrogens is 519 g/mol. The second-order valence-electron chi connectivity index (χ2n) is 9.51. The molecule has 0 aromatic carbocycles. The predicted molar refractivity (Wildman–Crippen MR) is 147 cm³/mol. The van der Waals surface area contributed by atoms with Gasteiger partial charge in [-0.05, 0) is 6.42 Å². The number of Topliss-reactive ketones (excluding diaryl/α,β-unsaturated/α-hetero) is 3. The van der Waals surface area contributed by atoms with Crippen molar-refractivity contribution in [2.24, 2.45) is 5.92 Å². The van der Waals surface area contributed by atoms with Crippen LogP contribution in [0.25, 0.3) is 0 Å². The minimum Gasteiger partial charge on any atom is -0.465 e. The summed E-state index contributed by atoms with van der Waals surface area (Å²) in [6, 6.07) is 0. The first-order valence-corrected chi connectivity index (χ1v) is 17.0. The van der Waals surface area contributed by atoms with E-state index in [1.807, 2.05) is 41.5 Å². The minimum atomic E-state index is -3.47. The second kappa shape index (κ2) is 20.6. The lowest BCUT2D eigenvalue weighted by atomic mass is 10.0. The third kappa shape index (κ3) is 20.3. The summed E-state index contributed by atoms with van der Waals surface area (Å²) in [5, 5.41) is 0. The monoisotopic (exact) mass is 568 g/mol. The fourth-order valence-corrected chi connectivity index (χ4v) is 5.88. The van der Waals surface area contributed by atoms with Crippen molar-refractivity contribution >= 4 is 40.5 Å². The maximum Gasteiger partial charge on any atom is 0.306 e. The molecule has 37 heavy (non-hydrogen) atoms. The van der Waals surface area contributed by atoms with E-state index in [1.165, 1.54) is 0 Å². The number of hydrogen-bond acceptors (Lipinski definition) is 9. The fourth-order valence-electron chi connectivity index (χ4n) is 2.77. The van der Waals surface area contributed by atoms with Crippen LogP contribution in [0.1, 0.15) is 99.8 Å². The van der Waals surface area contributed by atoms with Crippen LogP contribution in [0.15, 0.2) is 0 Å². The second-order valence-corrected chi connectivity index (χ2v) is 15.0. The van der Waals surface area contributed by atoms with Gasteiger partial charge >= 0.3 is 5.97 Å². The smallest absolute Gasteiger partial charge is 0.306 e. The number of carbonyl (C=O) groups is 4. The van der Waals surface area contributed by atoms with Gasteiger partial charge in [0.25, 0.3) is 0 Å². The van der Waals surface area contributed by atoms with Crippen molar-refractivity contribution in [2.75, 3.05) is 30.9 Å². The maximum absolute atomic E-state index is 12.7. The molecule has 0 fully saturated rings. The summed E-state index contributed by atoms with van der Waals surface area (Å²) in [5.41, 5.74) is -0.149. The standard InChI is InChI=1S/C17H33O7PS.C9H16O2/c1-5-7-12-25(20,15(3)4)24-11-14-26(21,22)13-10-23-17(19)9-8-16(18)6-2;1-4-8(10)5-6-9(11)7(2)3/h15H,5-14H2,1-4H3;7H,4-6H2,1-3H3. The van der Waals surface area contributed by atoms with Crippen molar-refractivity contribution in [2.45, 2.75) is 105 Å². The van der Waals surface area contributed by atoms with E-state index < -0.39 is 23.2 Å². The van der Waals surface area contributed by atoms with Gasteiger partial charge in [0.15, 0.2) is 9.84 Å². The van der Waals surface area contributed by atoms with E-state index in [2.05, 4.69) is 0 Å². The zero-order chi connectivity index (χ0) is 29.1. The van der Waals surface area contributed by atoms with E-state index in [9.17, 15) is 32.2 Å². The summed E-state index contributed by atoms with van der Waals surface area (Å²) < 4.78 is 47.0. The molecular formula is C26H49O9PS. The topological polar surface area (TPSA) is 138 Å². The Morgan fingerprint density at radius 2 is 1.30 bits per heavy atom. The van der Waals surface area contributed by atoms with Crippen LogP contribution in [0.5, 0.6) is 0 Å². The van der Waals surface area contributed by atoms with Crippen LogP contribution in [-0.4, -0.2) is 68.3 Å². The largest absolute Gasteiger partial charge is 0.465 e. The van der Waals surface area contributed by atoms with Crippen LogP contribution < -0.4 is 0 Å². The molecule has 0 saturated carbocycles. The van der Waals surface area contributed by atoms with Crippen molar-refractivity contribution < 1.29 is 41.4 Å². The molecule has 11 heteroatoms. The lowest BCUT2D eigenvalue weighted by Gasteiger charge is -2.22. The van der Waals surface area contributed by atoms with E-state index in [4.69, 9.17) is 9.26 Å². The lowest BCUT2D eigenvalue weighted by Crippen LogP contribution is -2.21. The molecule has 1 atom stereocenters. The summed E-state index contributed by atoms with van der Waals surface area (Å²) in [5.74, 6) is -0.760. The highest BCUT2D eigenvalue weighted by Crippen LogP contribution is 2.52. The van der Waals surface area contributed by atoms with Gasteiger partial charge in [-0.25, -0.2) is 8.42 Å². The molecule has 0 bridgehead atoms. The summed E-state index contributed by atoms with van der Waals surface area (Å²) in [6.07, 6.45) is 3.95. The van der Waals surface area contributed by atoms with Crippen LogP contribution in [0.2, 0.25) is 0 Å². The van der Waals surface area contributed by atoms with E-state index in [1.54, 1.807) is 6.92 Å². The first-order chi connectivity index (χ1) is 17.1. The normalized spacial score (nSPS) is 13.0. The van der Waals surface area contributed by atoms with Crippen LogP contribution in [0.3, 0.4) is 0 Å². The van der Waals surface area contributed by atoms with Gasteiger partial charge in [0.05, 0.1) is 24.5 Å². The molecule has 0 aromatic rings. The quantitative estimate of drug-likeness (QED) is 0.144. The van der Waals surface area contributed by atoms with Gasteiger partial charge in [-0.2, -0.15) is 0 Å². The Hall–Kier alpha value is -1.38. The molecule has 0 aliphatic carbocycles. The molecule has 218 valence electrons. The number of hydrogen-bond donors (Lipinski definition) is 0. The highest BCUT2D eigenvalue weighted by molar-refractivity contribution is 7.91. The van der Waals surface area contributed by atoms with Gasteiger partial charge in [-0.15, -0.1) is 0 Å². The third-order valence-electron chi connectivity index (χ3n) is 5.66. The molecule has 0 radical (unpaired) electrons. The van der Waals surface area contributed by atoms with Gasteiger partial charge in [0.2, 0.25) is 7.37 Å².